The molecule has 0 fully saturated rings. The fraction of sp³-hybridized carbons (Fsp3) is 0.348. The van der Waals surface area contributed by atoms with Crippen LogP contribution in [0.3, 0.4) is 0 Å². The molecular weight excluding hydrogens is 402 g/mol. The Morgan fingerprint density at radius 3 is 2.37 bits per heavy atom. The predicted octanol–water partition coefficient (Wildman–Crippen LogP) is 4.57. The summed E-state index contributed by atoms with van der Waals surface area (Å²) in [4.78, 5) is 12.6. The van der Waals surface area contributed by atoms with Crippen LogP contribution in [0.25, 0.3) is 11.0 Å². The Kier molecular flexibility index (Phi) is 5.32. The van der Waals surface area contributed by atoms with E-state index in [9.17, 15) is 13.2 Å². The lowest BCUT2D eigenvalue weighted by molar-refractivity contribution is 0.244. The third-order valence-electron chi connectivity index (χ3n) is 5.26. The van der Waals surface area contributed by atoms with Gasteiger partial charge in [0, 0.05) is 17.0 Å². The van der Waals surface area contributed by atoms with Crippen LogP contribution in [-0.2, 0) is 22.9 Å². The fourth-order valence-corrected chi connectivity index (χ4v) is 4.88. The third kappa shape index (κ3) is 3.94. The molecule has 0 unspecified atom stereocenters. The van der Waals surface area contributed by atoms with Crippen LogP contribution in [0.5, 0.6) is 5.75 Å². The molecular formula is C23H25NO5S. The summed E-state index contributed by atoms with van der Waals surface area (Å²) in [7, 11) is -3.81. The number of rotatable bonds is 5. The minimum atomic E-state index is -3.81. The van der Waals surface area contributed by atoms with E-state index in [4.69, 9.17) is 9.15 Å². The Bertz CT molecular complexity index is 1260. The molecule has 1 aliphatic carbocycles. The molecule has 0 aliphatic heterocycles. The van der Waals surface area contributed by atoms with Crippen LogP contribution in [0.1, 0.15) is 43.4 Å². The first-order chi connectivity index (χ1) is 14.2. The maximum Gasteiger partial charge on any atom is 0.339 e. The van der Waals surface area contributed by atoms with Gasteiger partial charge in [0.25, 0.3) is 10.0 Å². The molecule has 30 heavy (non-hydrogen) atoms. The Morgan fingerprint density at radius 1 is 1.03 bits per heavy atom. The van der Waals surface area contributed by atoms with Gasteiger partial charge in [-0.3, -0.25) is 4.72 Å². The summed E-state index contributed by atoms with van der Waals surface area (Å²) in [5.41, 5.74) is 3.04. The molecule has 1 aliphatic rings. The van der Waals surface area contributed by atoms with E-state index in [-0.39, 0.29) is 16.6 Å². The van der Waals surface area contributed by atoms with Crippen LogP contribution < -0.4 is 15.1 Å². The molecule has 0 atom stereocenters. The maximum atomic E-state index is 13.0. The number of sulfonamides is 1. The van der Waals surface area contributed by atoms with Gasteiger partial charge in [-0.2, -0.15) is 0 Å². The van der Waals surface area contributed by atoms with Gasteiger partial charge in [-0.1, -0.05) is 17.7 Å². The van der Waals surface area contributed by atoms with E-state index in [1.165, 1.54) is 0 Å². The van der Waals surface area contributed by atoms with E-state index in [1.807, 2.05) is 20.8 Å². The van der Waals surface area contributed by atoms with Crippen molar-refractivity contribution in [2.24, 2.45) is 0 Å². The number of ether oxygens (including phenoxy) is 1. The second-order valence-corrected chi connectivity index (χ2v) is 9.67. The van der Waals surface area contributed by atoms with Crippen LogP contribution in [0.15, 0.2) is 50.5 Å². The first-order valence-corrected chi connectivity index (χ1v) is 11.6. The van der Waals surface area contributed by atoms with Gasteiger partial charge in [0.1, 0.15) is 11.3 Å². The molecule has 3 aromatic rings. The number of hydrogen-bond donors (Lipinski definition) is 1. The van der Waals surface area contributed by atoms with Crippen molar-refractivity contribution in [2.45, 2.75) is 57.5 Å². The monoisotopic (exact) mass is 427 g/mol. The molecule has 4 rings (SSSR count). The zero-order valence-electron chi connectivity index (χ0n) is 17.3. The van der Waals surface area contributed by atoms with E-state index in [0.717, 1.165) is 35.8 Å². The summed E-state index contributed by atoms with van der Waals surface area (Å²) in [5.74, 6) is 0.326. The highest BCUT2D eigenvalue weighted by atomic mass is 32.2. The summed E-state index contributed by atoms with van der Waals surface area (Å²) >= 11 is 0. The van der Waals surface area contributed by atoms with Gasteiger partial charge in [0.05, 0.1) is 16.7 Å². The molecule has 0 spiro atoms. The van der Waals surface area contributed by atoms with Crippen molar-refractivity contribution >= 4 is 26.7 Å². The van der Waals surface area contributed by atoms with E-state index in [0.29, 0.717) is 29.0 Å². The van der Waals surface area contributed by atoms with E-state index in [2.05, 4.69) is 4.72 Å². The first kappa shape index (κ1) is 20.5. The standard InChI is InChI=1S/C23H25NO5S/c1-14(2)28-22-13-21-19(17-6-4-5-7-18(17)23(25)29-21)12-20(22)24-30(26,27)16-10-8-15(3)9-11-16/h8-14,24H,4-7H2,1-3H3. The number of benzene rings is 2. The third-order valence-corrected chi connectivity index (χ3v) is 6.64. The van der Waals surface area contributed by atoms with E-state index in [1.54, 1.807) is 36.4 Å². The normalized spacial score (nSPS) is 14.0. The van der Waals surface area contributed by atoms with Crippen molar-refractivity contribution in [3.05, 3.63) is 63.5 Å². The minimum Gasteiger partial charge on any atom is -0.489 e. The molecule has 6 nitrogen and oxygen atoms in total. The number of aryl methyl sites for hydroxylation is 2. The molecule has 0 amide bonds. The Balaban J connectivity index is 1.87. The van der Waals surface area contributed by atoms with Gasteiger partial charge in [0.15, 0.2) is 0 Å². The van der Waals surface area contributed by atoms with Gasteiger partial charge in [-0.05, 0) is 70.2 Å². The van der Waals surface area contributed by atoms with Crippen LogP contribution in [-0.4, -0.2) is 14.5 Å². The first-order valence-electron chi connectivity index (χ1n) is 10.1. The summed E-state index contributed by atoms with van der Waals surface area (Å²) in [5, 5.41) is 0.752. The molecule has 1 N–H and O–H groups in total. The fourth-order valence-electron chi connectivity index (χ4n) is 3.82. The molecule has 7 heteroatoms. The van der Waals surface area contributed by atoms with E-state index >= 15 is 0 Å². The highest BCUT2D eigenvalue weighted by molar-refractivity contribution is 7.92. The highest BCUT2D eigenvalue weighted by Gasteiger charge is 2.22. The van der Waals surface area contributed by atoms with Crippen molar-refractivity contribution in [3.63, 3.8) is 0 Å². The van der Waals surface area contributed by atoms with Gasteiger partial charge in [-0.25, -0.2) is 13.2 Å². The molecule has 1 aromatic heterocycles. The van der Waals surface area contributed by atoms with Crippen molar-refractivity contribution in [1.82, 2.24) is 0 Å². The lowest BCUT2D eigenvalue weighted by atomic mass is 9.90. The summed E-state index contributed by atoms with van der Waals surface area (Å²) in [6.07, 6.45) is 3.20. The number of hydrogen-bond acceptors (Lipinski definition) is 5. The summed E-state index contributed by atoms with van der Waals surface area (Å²) < 4.78 is 40.1. The van der Waals surface area contributed by atoms with Gasteiger partial charge in [0.2, 0.25) is 0 Å². The SMILES string of the molecule is Cc1ccc(S(=O)(=O)Nc2cc3c4c(c(=O)oc3cc2OC(C)C)CCCC4)cc1. The molecule has 0 saturated carbocycles. The Morgan fingerprint density at radius 2 is 1.70 bits per heavy atom. The molecule has 158 valence electrons. The number of fused-ring (bicyclic) bond motifs is 3. The predicted molar refractivity (Wildman–Crippen MR) is 117 cm³/mol. The summed E-state index contributed by atoms with van der Waals surface area (Å²) in [6.45, 7) is 5.61. The Hall–Kier alpha value is -2.80. The molecule has 0 bridgehead atoms. The van der Waals surface area contributed by atoms with Gasteiger partial charge < -0.3 is 9.15 Å². The van der Waals surface area contributed by atoms with Crippen LogP contribution in [0.2, 0.25) is 0 Å². The minimum absolute atomic E-state index is 0.172. The van der Waals surface area contributed by atoms with Crippen molar-refractivity contribution in [3.8, 4) is 5.75 Å². The molecule has 1 heterocycles. The van der Waals surface area contributed by atoms with Gasteiger partial charge in [-0.15, -0.1) is 0 Å². The molecule has 2 aromatic carbocycles. The van der Waals surface area contributed by atoms with Gasteiger partial charge >= 0.3 is 5.63 Å². The van der Waals surface area contributed by atoms with Crippen molar-refractivity contribution < 1.29 is 17.6 Å². The second-order valence-electron chi connectivity index (χ2n) is 7.98. The average molecular weight is 428 g/mol. The topological polar surface area (TPSA) is 85.6 Å². The van der Waals surface area contributed by atoms with Crippen molar-refractivity contribution in [1.29, 1.82) is 0 Å². The number of anilines is 1. The lowest BCUT2D eigenvalue weighted by Gasteiger charge is -2.20. The second kappa shape index (κ2) is 7.80. The average Bonchev–Trinajstić information content (AvgIpc) is 2.69. The molecule has 0 saturated heterocycles. The Labute approximate surface area is 175 Å². The largest absolute Gasteiger partial charge is 0.489 e. The molecule has 0 radical (unpaired) electrons. The van der Waals surface area contributed by atoms with Crippen LogP contribution in [0.4, 0.5) is 5.69 Å². The zero-order valence-corrected chi connectivity index (χ0v) is 18.1. The van der Waals surface area contributed by atoms with Crippen LogP contribution >= 0.6 is 0 Å². The summed E-state index contributed by atoms with van der Waals surface area (Å²) in [6, 6.07) is 9.99. The van der Waals surface area contributed by atoms with Crippen molar-refractivity contribution in [2.75, 3.05) is 4.72 Å². The zero-order chi connectivity index (χ0) is 21.5. The lowest BCUT2D eigenvalue weighted by Crippen LogP contribution is -2.17. The smallest absolute Gasteiger partial charge is 0.339 e. The number of nitrogens with one attached hydrogen (secondary N) is 1. The maximum absolute atomic E-state index is 13.0. The van der Waals surface area contributed by atoms with Crippen LogP contribution in [0, 0.1) is 6.92 Å². The highest BCUT2D eigenvalue weighted by Crippen LogP contribution is 2.36. The van der Waals surface area contributed by atoms with E-state index < -0.39 is 10.0 Å². The quantitative estimate of drug-likeness (QED) is 0.603.